The van der Waals surface area contributed by atoms with Gasteiger partial charge in [-0.3, -0.25) is 9.59 Å². The molecule has 0 radical (unpaired) electrons. The average molecular weight is 335 g/mol. The highest BCUT2D eigenvalue weighted by Gasteiger charge is 2.27. The van der Waals surface area contributed by atoms with Gasteiger partial charge in [0.2, 0.25) is 0 Å². The van der Waals surface area contributed by atoms with Crippen molar-refractivity contribution in [3.8, 4) is 0 Å². The largest absolute Gasteiger partial charge is 0.337 e. The quantitative estimate of drug-likeness (QED) is 0.932. The number of nitrogens with one attached hydrogen (secondary N) is 1. The molecule has 1 saturated heterocycles. The number of aromatic amines is 1. The highest BCUT2D eigenvalue weighted by atomic mass is 35.5. The second kappa shape index (κ2) is 7.00. The van der Waals surface area contributed by atoms with E-state index in [0.29, 0.717) is 5.56 Å². The first kappa shape index (κ1) is 15.8. The molecule has 0 aromatic carbocycles. The number of carbonyl (C=O) groups is 1. The summed E-state index contributed by atoms with van der Waals surface area (Å²) in [6.07, 6.45) is 10.9. The van der Waals surface area contributed by atoms with Crippen LogP contribution >= 0.6 is 11.6 Å². The van der Waals surface area contributed by atoms with Gasteiger partial charge in [0, 0.05) is 37.7 Å². The molecule has 7 heteroatoms. The van der Waals surface area contributed by atoms with E-state index in [-0.39, 0.29) is 22.5 Å². The lowest BCUT2D eigenvalue weighted by Crippen LogP contribution is -2.44. The number of rotatable bonds is 4. The molecule has 23 heavy (non-hydrogen) atoms. The van der Waals surface area contributed by atoms with Gasteiger partial charge in [0.25, 0.3) is 11.5 Å². The number of pyridine rings is 1. The van der Waals surface area contributed by atoms with Gasteiger partial charge in [0.1, 0.15) is 5.02 Å². The Bertz CT molecular complexity index is 726. The maximum absolute atomic E-state index is 12.8. The van der Waals surface area contributed by atoms with Gasteiger partial charge in [-0.2, -0.15) is 0 Å². The molecule has 1 atom stereocenters. The standard InChI is InChI=1S/C16H19ClN4O2/c17-14-9-12(10-19-15(14)22)16(23)21-6-2-1-3-13(21)4-7-20-8-5-18-11-20/h5,8-11,13H,1-4,6-7H2,(H,19,22). The van der Waals surface area contributed by atoms with Gasteiger partial charge >= 0.3 is 0 Å². The smallest absolute Gasteiger partial charge is 0.266 e. The van der Waals surface area contributed by atoms with Crippen molar-refractivity contribution < 1.29 is 4.79 Å². The van der Waals surface area contributed by atoms with E-state index in [1.165, 1.54) is 12.3 Å². The van der Waals surface area contributed by atoms with Crippen molar-refractivity contribution in [1.82, 2.24) is 19.4 Å². The van der Waals surface area contributed by atoms with Crippen LogP contribution in [0.15, 0.2) is 35.8 Å². The van der Waals surface area contributed by atoms with E-state index in [2.05, 4.69) is 9.97 Å². The van der Waals surface area contributed by atoms with Crippen molar-refractivity contribution >= 4 is 17.5 Å². The molecular formula is C16H19ClN4O2. The summed E-state index contributed by atoms with van der Waals surface area (Å²) >= 11 is 5.84. The minimum absolute atomic E-state index is 0.0443. The summed E-state index contributed by atoms with van der Waals surface area (Å²) in [7, 11) is 0. The molecule has 122 valence electrons. The maximum Gasteiger partial charge on any atom is 0.266 e. The van der Waals surface area contributed by atoms with Crippen LogP contribution in [0.25, 0.3) is 0 Å². The fourth-order valence-corrected chi connectivity index (χ4v) is 3.20. The lowest BCUT2D eigenvalue weighted by molar-refractivity contribution is 0.0595. The van der Waals surface area contributed by atoms with Crippen molar-refractivity contribution in [3.63, 3.8) is 0 Å². The summed E-state index contributed by atoms with van der Waals surface area (Å²) in [4.78, 5) is 32.6. The Kier molecular flexibility index (Phi) is 4.81. The Hall–Kier alpha value is -2.08. The molecule has 1 aliphatic rings. The number of amides is 1. The number of H-pyrrole nitrogens is 1. The highest BCUT2D eigenvalue weighted by Crippen LogP contribution is 2.22. The van der Waals surface area contributed by atoms with E-state index < -0.39 is 0 Å². The number of imidazole rings is 1. The molecule has 0 spiro atoms. The Morgan fingerprint density at radius 3 is 3.04 bits per heavy atom. The minimum Gasteiger partial charge on any atom is -0.337 e. The average Bonchev–Trinajstić information content (AvgIpc) is 3.08. The normalized spacial score (nSPS) is 18.1. The number of hydrogen-bond acceptors (Lipinski definition) is 3. The lowest BCUT2D eigenvalue weighted by Gasteiger charge is -2.36. The van der Waals surface area contributed by atoms with Crippen LogP contribution in [-0.4, -0.2) is 37.9 Å². The molecule has 1 aliphatic heterocycles. The molecule has 0 aliphatic carbocycles. The molecule has 0 bridgehead atoms. The molecule has 2 aromatic heterocycles. The van der Waals surface area contributed by atoms with Gasteiger partial charge < -0.3 is 14.5 Å². The SMILES string of the molecule is O=C(c1c[nH]c(=O)c(Cl)c1)N1CCCCC1CCn1ccnc1. The van der Waals surface area contributed by atoms with E-state index in [0.717, 1.165) is 38.8 Å². The van der Waals surface area contributed by atoms with Gasteiger partial charge in [0.15, 0.2) is 0 Å². The Labute approximate surface area is 139 Å². The van der Waals surface area contributed by atoms with Crippen molar-refractivity contribution in [2.75, 3.05) is 6.54 Å². The fraction of sp³-hybridized carbons (Fsp3) is 0.438. The summed E-state index contributed by atoms with van der Waals surface area (Å²) in [6, 6.07) is 1.65. The van der Waals surface area contributed by atoms with Crippen molar-refractivity contribution in [2.45, 2.75) is 38.3 Å². The number of piperidine rings is 1. The topological polar surface area (TPSA) is 71.0 Å². The number of carbonyl (C=O) groups excluding carboxylic acids is 1. The Balaban J connectivity index is 1.73. The molecular weight excluding hydrogens is 316 g/mol. The van der Waals surface area contributed by atoms with Gasteiger partial charge in [-0.25, -0.2) is 4.98 Å². The van der Waals surface area contributed by atoms with E-state index in [1.54, 1.807) is 12.5 Å². The first-order valence-electron chi connectivity index (χ1n) is 7.80. The van der Waals surface area contributed by atoms with Crippen LogP contribution in [0.5, 0.6) is 0 Å². The zero-order valence-electron chi connectivity index (χ0n) is 12.7. The van der Waals surface area contributed by atoms with Crippen LogP contribution in [0.4, 0.5) is 0 Å². The number of aromatic nitrogens is 3. The number of halogens is 1. The zero-order chi connectivity index (χ0) is 16.2. The summed E-state index contributed by atoms with van der Waals surface area (Å²) in [5, 5.41) is 0.0443. The summed E-state index contributed by atoms with van der Waals surface area (Å²) < 4.78 is 2.02. The first-order chi connectivity index (χ1) is 11.1. The van der Waals surface area contributed by atoms with Gasteiger partial charge in [-0.15, -0.1) is 0 Å². The molecule has 1 unspecified atom stereocenters. The molecule has 1 fully saturated rings. The predicted molar refractivity (Wildman–Crippen MR) is 87.6 cm³/mol. The summed E-state index contributed by atoms with van der Waals surface area (Å²) in [5.74, 6) is -0.0709. The fourth-order valence-electron chi connectivity index (χ4n) is 3.03. The van der Waals surface area contributed by atoms with Crippen LogP contribution in [0.2, 0.25) is 5.02 Å². The number of nitrogens with zero attached hydrogens (tertiary/aromatic N) is 3. The molecule has 6 nitrogen and oxygen atoms in total. The minimum atomic E-state index is -0.376. The number of likely N-dealkylation sites (tertiary alicyclic amines) is 1. The van der Waals surface area contributed by atoms with Crippen molar-refractivity contribution in [2.24, 2.45) is 0 Å². The molecule has 3 rings (SSSR count). The highest BCUT2D eigenvalue weighted by molar-refractivity contribution is 6.30. The van der Waals surface area contributed by atoms with Gasteiger partial charge in [0.05, 0.1) is 11.9 Å². The zero-order valence-corrected chi connectivity index (χ0v) is 13.5. The third kappa shape index (κ3) is 3.64. The van der Waals surface area contributed by atoms with E-state index >= 15 is 0 Å². The van der Waals surface area contributed by atoms with Gasteiger partial charge in [-0.1, -0.05) is 11.6 Å². The van der Waals surface area contributed by atoms with Crippen LogP contribution in [0.1, 0.15) is 36.0 Å². The lowest BCUT2D eigenvalue weighted by atomic mass is 9.98. The monoisotopic (exact) mass is 334 g/mol. The second-order valence-corrected chi connectivity index (χ2v) is 6.21. The van der Waals surface area contributed by atoms with E-state index in [9.17, 15) is 9.59 Å². The van der Waals surface area contributed by atoms with Crippen molar-refractivity contribution in [3.05, 3.63) is 51.9 Å². The van der Waals surface area contributed by atoms with Crippen LogP contribution in [0, 0.1) is 0 Å². The third-order valence-corrected chi connectivity index (χ3v) is 4.55. The van der Waals surface area contributed by atoms with Crippen LogP contribution in [-0.2, 0) is 6.54 Å². The van der Waals surface area contributed by atoms with E-state index in [1.807, 2.05) is 15.7 Å². The number of aryl methyl sites for hydroxylation is 1. The molecule has 1 amide bonds. The Morgan fingerprint density at radius 2 is 2.30 bits per heavy atom. The van der Waals surface area contributed by atoms with Crippen LogP contribution in [0.3, 0.4) is 0 Å². The molecule has 0 saturated carbocycles. The summed E-state index contributed by atoms with van der Waals surface area (Å²) in [6.45, 7) is 1.57. The molecule has 1 N–H and O–H groups in total. The second-order valence-electron chi connectivity index (χ2n) is 5.80. The molecule has 3 heterocycles. The third-order valence-electron chi connectivity index (χ3n) is 4.27. The molecule has 2 aromatic rings. The first-order valence-corrected chi connectivity index (χ1v) is 8.18. The number of hydrogen-bond donors (Lipinski definition) is 1. The van der Waals surface area contributed by atoms with Gasteiger partial charge in [-0.05, 0) is 31.7 Å². The maximum atomic E-state index is 12.8. The Morgan fingerprint density at radius 1 is 1.43 bits per heavy atom. The van der Waals surface area contributed by atoms with E-state index in [4.69, 9.17) is 11.6 Å². The van der Waals surface area contributed by atoms with Crippen LogP contribution < -0.4 is 5.56 Å². The summed E-state index contributed by atoms with van der Waals surface area (Å²) in [5.41, 5.74) is 0.0580. The van der Waals surface area contributed by atoms with Crippen molar-refractivity contribution in [1.29, 1.82) is 0 Å². The predicted octanol–water partition coefficient (Wildman–Crippen LogP) is 2.31.